The van der Waals surface area contributed by atoms with Crippen molar-refractivity contribution >= 4 is 23.2 Å². The lowest BCUT2D eigenvalue weighted by Gasteiger charge is -2.70. The lowest BCUT2D eigenvalue weighted by molar-refractivity contribution is -0.207. The van der Waals surface area contributed by atoms with E-state index in [9.17, 15) is 14.0 Å². The van der Waals surface area contributed by atoms with Gasteiger partial charge in [0.2, 0.25) is 0 Å². The van der Waals surface area contributed by atoms with Crippen molar-refractivity contribution in [3.8, 4) is 5.75 Å². The highest BCUT2D eigenvalue weighted by atomic mass is 35.5. The van der Waals surface area contributed by atoms with Crippen molar-refractivity contribution in [2.75, 3.05) is 6.61 Å². The molecule has 27 heavy (non-hydrogen) atoms. The summed E-state index contributed by atoms with van der Waals surface area (Å²) in [5.41, 5.74) is 0.490. The van der Waals surface area contributed by atoms with Crippen LogP contribution in [0, 0.1) is 16.6 Å². The van der Waals surface area contributed by atoms with Crippen LogP contribution in [-0.2, 0) is 16.0 Å². The minimum absolute atomic E-state index is 0.0169. The van der Waals surface area contributed by atoms with E-state index < -0.39 is 5.82 Å². The summed E-state index contributed by atoms with van der Waals surface area (Å²) in [6.45, 7) is -0.0995. The Morgan fingerprint density at radius 1 is 1.19 bits per heavy atom. The summed E-state index contributed by atoms with van der Waals surface area (Å²) in [4.78, 5) is 29.0. The molecule has 140 valence electrons. The van der Waals surface area contributed by atoms with E-state index in [1.54, 1.807) is 6.20 Å². The van der Waals surface area contributed by atoms with Gasteiger partial charge in [-0.25, -0.2) is 4.39 Å². The lowest BCUT2D eigenvalue weighted by Crippen LogP contribution is -2.66. The van der Waals surface area contributed by atoms with Crippen LogP contribution in [0.5, 0.6) is 5.75 Å². The van der Waals surface area contributed by atoms with Crippen molar-refractivity contribution in [2.24, 2.45) is 10.8 Å². The number of halogens is 2. The fourth-order valence-electron chi connectivity index (χ4n) is 4.54. The van der Waals surface area contributed by atoms with Crippen LogP contribution in [0.1, 0.15) is 31.4 Å². The van der Waals surface area contributed by atoms with Crippen molar-refractivity contribution < 1.29 is 18.7 Å². The van der Waals surface area contributed by atoms with Crippen LogP contribution in [0.4, 0.5) is 4.39 Å². The molecule has 2 aromatic rings. The largest absolute Gasteiger partial charge is 0.486 e. The van der Waals surface area contributed by atoms with Crippen LogP contribution in [0.3, 0.4) is 0 Å². The molecule has 1 heterocycles. The van der Waals surface area contributed by atoms with E-state index in [4.69, 9.17) is 16.3 Å². The van der Waals surface area contributed by atoms with Crippen molar-refractivity contribution in [2.45, 2.75) is 32.1 Å². The van der Waals surface area contributed by atoms with Gasteiger partial charge in [0.15, 0.2) is 5.78 Å². The molecule has 0 amide bonds. The van der Waals surface area contributed by atoms with Gasteiger partial charge in [-0.3, -0.25) is 14.6 Å². The zero-order valence-electron chi connectivity index (χ0n) is 14.7. The summed E-state index contributed by atoms with van der Waals surface area (Å²) in [6, 6.07) is 9.67. The number of benzene rings is 1. The Kier molecular flexibility index (Phi) is 4.50. The van der Waals surface area contributed by atoms with Gasteiger partial charge in [-0.05, 0) is 48.9 Å². The first-order chi connectivity index (χ1) is 12.9. The Hall–Kier alpha value is -2.27. The molecule has 0 saturated heterocycles. The Balaban J connectivity index is 1.25. The number of aromatic nitrogens is 1. The highest BCUT2D eigenvalue weighted by Crippen LogP contribution is 2.75. The third-order valence-corrected chi connectivity index (χ3v) is 5.97. The molecule has 0 N–H and O–H groups in total. The van der Waals surface area contributed by atoms with Crippen LogP contribution in [0.15, 0.2) is 42.6 Å². The first-order valence-electron chi connectivity index (χ1n) is 8.93. The van der Waals surface area contributed by atoms with Crippen molar-refractivity contribution in [1.82, 2.24) is 4.98 Å². The van der Waals surface area contributed by atoms with Crippen LogP contribution in [0.25, 0.3) is 0 Å². The number of hydrogen-bond donors (Lipinski definition) is 0. The maximum absolute atomic E-state index is 13.4. The molecule has 0 atom stereocenters. The number of Topliss-reactive ketones (excluding diaryl/α,β-unsaturated/α-hetero) is 2. The molecular weight excluding hydrogens is 369 g/mol. The number of carbonyl (C=O) groups is 2. The second-order valence-electron chi connectivity index (χ2n) is 7.81. The van der Waals surface area contributed by atoms with E-state index in [-0.39, 0.29) is 39.8 Å². The van der Waals surface area contributed by atoms with Crippen molar-refractivity contribution in [1.29, 1.82) is 0 Å². The molecule has 6 heteroatoms. The topological polar surface area (TPSA) is 56.3 Å². The average molecular weight is 388 g/mol. The van der Waals surface area contributed by atoms with Gasteiger partial charge in [0.25, 0.3) is 0 Å². The van der Waals surface area contributed by atoms with Crippen LogP contribution < -0.4 is 4.74 Å². The van der Waals surface area contributed by atoms with E-state index in [1.165, 1.54) is 18.2 Å². The fraction of sp³-hybridized carbons (Fsp3) is 0.381. The smallest absolute Gasteiger partial charge is 0.170 e. The average Bonchev–Trinajstić information content (AvgIpc) is 2.58. The molecule has 3 aliphatic carbocycles. The Labute approximate surface area is 161 Å². The number of hydrogen-bond acceptors (Lipinski definition) is 4. The van der Waals surface area contributed by atoms with Crippen LogP contribution in [0.2, 0.25) is 5.02 Å². The van der Waals surface area contributed by atoms with Gasteiger partial charge in [-0.2, -0.15) is 0 Å². The lowest BCUT2D eigenvalue weighted by atomic mass is 9.33. The second kappa shape index (κ2) is 6.71. The molecule has 0 aliphatic heterocycles. The number of nitrogens with zero attached hydrogens (tertiary/aromatic N) is 1. The normalized spacial score (nSPS) is 25.3. The molecule has 0 radical (unpaired) electrons. The zero-order valence-corrected chi connectivity index (χ0v) is 15.5. The molecule has 0 spiro atoms. The monoisotopic (exact) mass is 387 g/mol. The van der Waals surface area contributed by atoms with Crippen LogP contribution in [-0.4, -0.2) is 23.2 Å². The molecule has 3 fully saturated rings. The summed E-state index contributed by atoms with van der Waals surface area (Å²) in [5.74, 6) is -0.0986. The first-order valence-corrected chi connectivity index (χ1v) is 9.30. The van der Waals surface area contributed by atoms with Gasteiger partial charge < -0.3 is 4.74 Å². The van der Waals surface area contributed by atoms with E-state index in [2.05, 4.69) is 4.98 Å². The van der Waals surface area contributed by atoms with E-state index in [0.29, 0.717) is 12.8 Å². The standard InChI is InChI=1S/C21H19ClFNO3/c22-17-5-4-16(8-18(17)23)27-10-15(25)9-20-11-21(12-20,13-20)19(26)7-14-3-1-2-6-24-14/h1-6,8H,7,9-13H2. The summed E-state index contributed by atoms with van der Waals surface area (Å²) in [6.07, 6.45) is 4.77. The second-order valence-corrected chi connectivity index (χ2v) is 8.22. The van der Waals surface area contributed by atoms with E-state index in [0.717, 1.165) is 25.0 Å². The quantitative estimate of drug-likeness (QED) is 0.681. The number of carbonyl (C=O) groups excluding carboxylic acids is 2. The van der Waals surface area contributed by atoms with Crippen molar-refractivity contribution in [3.05, 3.63) is 59.1 Å². The summed E-state index contributed by atoms with van der Waals surface area (Å²) in [7, 11) is 0. The number of ether oxygens (including phenoxy) is 1. The maximum atomic E-state index is 13.4. The molecule has 2 bridgehead atoms. The fourth-order valence-corrected chi connectivity index (χ4v) is 4.65. The van der Waals surface area contributed by atoms with Crippen molar-refractivity contribution in [3.63, 3.8) is 0 Å². The van der Waals surface area contributed by atoms with Gasteiger partial charge in [-0.15, -0.1) is 0 Å². The van der Waals surface area contributed by atoms with Crippen LogP contribution >= 0.6 is 11.6 Å². The summed E-state index contributed by atoms with van der Waals surface area (Å²) >= 11 is 5.62. The third kappa shape index (κ3) is 3.48. The molecule has 5 rings (SSSR count). The predicted molar refractivity (Wildman–Crippen MR) is 98.2 cm³/mol. The molecule has 4 nitrogen and oxygen atoms in total. The van der Waals surface area contributed by atoms with E-state index >= 15 is 0 Å². The number of pyridine rings is 1. The molecular formula is C21H19ClFNO3. The Morgan fingerprint density at radius 2 is 1.96 bits per heavy atom. The van der Waals surface area contributed by atoms with Gasteiger partial charge >= 0.3 is 0 Å². The van der Waals surface area contributed by atoms with Gasteiger partial charge in [-0.1, -0.05) is 17.7 Å². The third-order valence-electron chi connectivity index (χ3n) is 5.66. The molecule has 3 saturated carbocycles. The molecule has 1 aromatic carbocycles. The molecule has 0 unspecified atom stereocenters. The number of ketones is 2. The first kappa shape index (κ1) is 18.1. The maximum Gasteiger partial charge on any atom is 0.170 e. The Bertz CT molecular complexity index is 880. The molecule has 3 aliphatic rings. The number of rotatable bonds is 8. The summed E-state index contributed by atoms with van der Waals surface area (Å²) in [5, 5.41) is 0.0169. The predicted octanol–water partition coefficient (Wildman–Crippen LogP) is 4.19. The SMILES string of the molecule is O=C(COc1ccc(Cl)c(F)c1)CC12CC(C(=O)Cc3ccccn3)(C1)C2. The van der Waals surface area contributed by atoms with Gasteiger partial charge in [0.05, 0.1) is 5.02 Å². The highest BCUT2D eigenvalue weighted by molar-refractivity contribution is 6.30. The van der Waals surface area contributed by atoms with E-state index in [1.807, 2.05) is 18.2 Å². The van der Waals surface area contributed by atoms with Gasteiger partial charge in [0, 0.05) is 36.2 Å². The minimum atomic E-state index is -0.575. The molecule has 1 aromatic heterocycles. The Morgan fingerprint density at radius 3 is 2.63 bits per heavy atom. The highest BCUT2D eigenvalue weighted by Gasteiger charge is 2.70. The zero-order chi connectivity index (χ0) is 19.1. The van der Waals surface area contributed by atoms with Gasteiger partial charge in [0.1, 0.15) is 24.0 Å². The summed E-state index contributed by atoms with van der Waals surface area (Å²) < 4.78 is 18.7. The minimum Gasteiger partial charge on any atom is -0.486 e.